The zero-order valence-electron chi connectivity index (χ0n) is 19.6. The third-order valence-electron chi connectivity index (χ3n) is 5.55. The third-order valence-corrected chi connectivity index (χ3v) is 8.07. The highest BCUT2D eigenvalue weighted by atomic mass is 35.5. The van der Waals surface area contributed by atoms with E-state index in [1.54, 1.807) is 6.92 Å². The van der Waals surface area contributed by atoms with Crippen LogP contribution in [-0.4, -0.2) is 33.1 Å². The maximum atomic E-state index is 11.8. The van der Waals surface area contributed by atoms with Crippen LogP contribution in [0.4, 0.5) is 0 Å². The van der Waals surface area contributed by atoms with Gasteiger partial charge in [-0.3, -0.25) is 0 Å². The van der Waals surface area contributed by atoms with Crippen molar-refractivity contribution in [3.05, 3.63) is 57.6 Å². The van der Waals surface area contributed by atoms with Crippen molar-refractivity contribution in [2.45, 2.75) is 52.9 Å². The number of ether oxygens (including phenoxy) is 2. The molecule has 0 N–H and O–H groups in total. The molecule has 7 heteroatoms. The Hall–Kier alpha value is -1.43. The predicted molar refractivity (Wildman–Crippen MR) is 134 cm³/mol. The summed E-state index contributed by atoms with van der Waals surface area (Å²) in [6, 6.07) is 11.7. The van der Waals surface area contributed by atoms with Gasteiger partial charge in [-0.15, -0.1) is 0 Å². The van der Waals surface area contributed by atoms with Gasteiger partial charge in [0.15, 0.2) is 5.75 Å². The predicted octanol–water partition coefficient (Wildman–Crippen LogP) is 6.95. The average molecular weight is 502 g/mol. The van der Waals surface area contributed by atoms with Crippen LogP contribution in [0.2, 0.25) is 10.0 Å². The third kappa shape index (κ3) is 7.29. The molecule has 0 aliphatic carbocycles. The summed E-state index contributed by atoms with van der Waals surface area (Å²) in [5.41, 5.74) is 1.73. The summed E-state index contributed by atoms with van der Waals surface area (Å²) < 4.78 is 35.1. The normalized spacial score (nSPS) is 13.1. The molecular formula is C25H34Cl2O4S. The van der Waals surface area contributed by atoms with Crippen molar-refractivity contribution in [2.24, 2.45) is 5.92 Å². The first kappa shape index (κ1) is 26.8. The molecule has 0 saturated carbocycles. The Morgan fingerprint density at radius 3 is 2.09 bits per heavy atom. The summed E-state index contributed by atoms with van der Waals surface area (Å²) in [4.78, 5) is 0. The smallest absolute Gasteiger partial charge is 0.156 e. The van der Waals surface area contributed by atoms with E-state index in [0.29, 0.717) is 34.8 Å². The molecule has 2 rings (SSSR count). The number of benzene rings is 2. The highest BCUT2D eigenvalue weighted by Gasteiger charge is 2.26. The molecule has 0 aromatic heterocycles. The highest BCUT2D eigenvalue weighted by Crippen LogP contribution is 2.40. The zero-order valence-corrected chi connectivity index (χ0v) is 21.9. The molecule has 0 amide bonds. The van der Waals surface area contributed by atoms with E-state index in [2.05, 4.69) is 20.8 Å². The van der Waals surface area contributed by atoms with Gasteiger partial charge in [-0.2, -0.15) is 0 Å². The lowest BCUT2D eigenvalue weighted by Gasteiger charge is -2.27. The van der Waals surface area contributed by atoms with E-state index in [1.807, 2.05) is 43.3 Å². The Morgan fingerprint density at radius 1 is 0.969 bits per heavy atom. The van der Waals surface area contributed by atoms with Gasteiger partial charge in [-0.05, 0) is 41.8 Å². The van der Waals surface area contributed by atoms with E-state index in [-0.39, 0.29) is 22.8 Å². The van der Waals surface area contributed by atoms with E-state index in [0.717, 1.165) is 24.0 Å². The lowest BCUT2D eigenvalue weighted by molar-refractivity contribution is 0.271. The topological polar surface area (TPSA) is 52.6 Å². The van der Waals surface area contributed by atoms with Crippen LogP contribution in [-0.2, 0) is 15.3 Å². The molecular weight excluding hydrogens is 467 g/mol. The van der Waals surface area contributed by atoms with E-state index in [4.69, 9.17) is 32.7 Å². The first-order valence-electron chi connectivity index (χ1n) is 11.1. The molecule has 2 aromatic rings. The molecule has 4 nitrogen and oxygen atoms in total. The van der Waals surface area contributed by atoms with Gasteiger partial charge in [-0.1, -0.05) is 76.4 Å². The Labute approximate surface area is 203 Å². The minimum Gasteiger partial charge on any atom is -0.493 e. The Balaban J connectivity index is 2.11. The number of unbranched alkanes of at least 4 members (excludes halogenated alkanes) is 1. The fourth-order valence-corrected chi connectivity index (χ4v) is 5.14. The van der Waals surface area contributed by atoms with E-state index >= 15 is 0 Å². The van der Waals surface area contributed by atoms with Gasteiger partial charge in [0.1, 0.15) is 15.6 Å². The Morgan fingerprint density at radius 2 is 1.56 bits per heavy atom. The molecule has 0 aliphatic rings. The van der Waals surface area contributed by atoms with Crippen LogP contribution in [0, 0.1) is 5.92 Å². The summed E-state index contributed by atoms with van der Waals surface area (Å²) in [5, 5.41) is 1.01. The van der Waals surface area contributed by atoms with Crippen molar-refractivity contribution < 1.29 is 17.9 Å². The number of sulfone groups is 1. The van der Waals surface area contributed by atoms with Gasteiger partial charge in [0, 0.05) is 17.1 Å². The fraction of sp³-hybridized carbons (Fsp3) is 0.520. The van der Waals surface area contributed by atoms with Crippen molar-refractivity contribution in [1.29, 1.82) is 0 Å². The molecule has 32 heavy (non-hydrogen) atoms. The second-order valence-electron chi connectivity index (χ2n) is 8.74. The summed E-state index contributed by atoms with van der Waals surface area (Å²) in [6.07, 6.45) is 1.98. The van der Waals surface area contributed by atoms with Gasteiger partial charge in [0.05, 0.1) is 29.0 Å². The SMILES string of the molecule is CCCCOc1c(Cl)cc(C(C)(C)c2ccc(OC[C@@H](C)CS(=O)(=O)CC)cc2)cc1Cl. The number of hydrogen-bond donors (Lipinski definition) is 0. The van der Waals surface area contributed by atoms with Gasteiger partial charge in [-0.25, -0.2) is 8.42 Å². The zero-order chi connectivity index (χ0) is 23.9. The average Bonchev–Trinajstić information content (AvgIpc) is 2.74. The van der Waals surface area contributed by atoms with Gasteiger partial charge in [0.2, 0.25) is 0 Å². The van der Waals surface area contributed by atoms with Crippen molar-refractivity contribution in [1.82, 2.24) is 0 Å². The quantitative estimate of drug-likeness (QED) is 0.296. The molecule has 178 valence electrons. The number of rotatable bonds is 12. The van der Waals surface area contributed by atoms with Crippen LogP contribution >= 0.6 is 23.2 Å². The molecule has 0 fully saturated rings. The van der Waals surface area contributed by atoms with Crippen LogP contribution in [0.15, 0.2) is 36.4 Å². The minimum atomic E-state index is -3.01. The molecule has 1 atom stereocenters. The van der Waals surface area contributed by atoms with Crippen LogP contribution in [0.3, 0.4) is 0 Å². The lowest BCUT2D eigenvalue weighted by atomic mass is 9.78. The summed E-state index contributed by atoms with van der Waals surface area (Å²) in [5.74, 6) is 1.46. The molecule has 0 saturated heterocycles. The van der Waals surface area contributed by atoms with E-state index in [1.165, 1.54) is 0 Å². The van der Waals surface area contributed by atoms with E-state index in [9.17, 15) is 8.42 Å². The van der Waals surface area contributed by atoms with Crippen molar-refractivity contribution in [3.8, 4) is 11.5 Å². The van der Waals surface area contributed by atoms with Crippen LogP contribution in [0.25, 0.3) is 0 Å². The monoisotopic (exact) mass is 500 g/mol. The first-order valence-corrected chi connectivity index (χ1v) is 13.6. The summed E-state index contributed by atoms with van der Waals surface area (Å²) >= 11 is 13.0. The van der Waals surface area contributed by atoms with Crippen molar-refractivity contribution >= 4 is 33.0 Å². The highest BCUT2D eigenvalue weighted by molar-refractivity contribution is 7.91. The minimum absolute atomic E-state index is 0.0709. The second kappa shape index (κ2) is 11.6. The number of hydrogen-bond acceptors (Lipinski definition) is 4. The standard InChI is InChI=1S/C25H34Cl2O4S/c1-6-8-13-30-24-22(26)14-20(15-23(24)27)25(4,5)19-9-11-21(12-10-19)31-16-18(3)17-32(28,29)7-2/h9-12,14-15,18H,6-8,13,16-17H2,1-5H3/t18-/m1/s1. The Kier molecular flexibility index (Phi) is 9.74. The van der Waals surface area contributed by atoms with Gasteiger partial charge < -0.3 is 9.47 Å². The lowest BCUT2D eigenvalue weighted by Crippen LogP contribution is -2.21. The van der Waals surface area contributed by atoms with Crippen molar-refractivity contribution in [3.63, 3.8) is 0 Å². The second-order valence-corrected chi connectivity index (χ2v) is 11.9. The summed E-state index contributed by atoms with van der Waals surface area (Å²) in [7, 11) is -3.01. The first-order chi connectivity index (χ1) is 15.0. The van der Waals surface area contributed by atoms with Crippen LogP contribution < -0.4 is 9.47 Å². The number of halogens is 2. The largest absolute Gasteiger partial charge is 0.493 e. The molecule has 0 bridgehead atoms. The summed E-state index contributed by atoms with van der Waals surface area (Å²) in [6.45, 7) is 10.8. The van der Waals surface area contributed by atoms with Gasteiger partial charge >= 0.3 is 0 Å². The van der Waals surface area contributed by atoms with E-state index < -0.39 is 9.84 Å². The molecule has 0 radical (unpaired) electrons. The van der Waals surface area contributed by atoms with Crippen molar-refractivity contribution in [2.75, 3.05) is 24.7 Å². The molecule has 2 aromatic carbocycles. The van der Waals surface area contributed by atoms with Gasteiger partial charge in [0.25, 0.3) is 0 Å². The molecule has 0 unspecified atom stereocenters. The molecule has 0 heterocycles. The maximum Gasteiger partial charge on any atom is 0.156 e. The Bertz CT molecular complexity index is 962. The molecule has 0 spiro atoms. The fourth-order valence-electron chi connectivity index (χ4n) is 3.35. The van der Waals surface area contributed by atoms with Crippen LogP contribution in [0.1, 0.15) is 58.6 Å². The van der Waals surface area contributed by atoms with Crippen LogP contribution in [0.5, 0.6) is 11.5 Å². The molecule has 0 aliphatic heterocycles. The maximum absolute atomic E-state index is 11.8.